The summed E-state index contributed by atoms with van der Waals surface area (Å²) in [6.45, 7) is 3.26. The van der Waals surface area contributed by atoms with Gasteiger partial charge >= 0.3 is 0 Å². The maximum Gasteiger partial charge on any atom is 0.248 e. The van der Waals surface area contributed by atoms with E-state index in [-0.39, 0.29) is 5.82 Å². The second kappa shape index (κ2) is 9.20. The highest BCUT2D eigenvalue weighted by atomic mass is 19.1. The summed E-state index contributed by atoms with van der Waals surface area (Å²) in [5, 5.41) is 17.6. The Labute approximate surface area is 185 Å². The number of ether oxygens (including phenoxy) is 1. The number of hydrogen-bond donors (Lipinski definition) is 2. The number of benzene rings is 3. The van der Waals surface area contributed by atoms with Crippen molar-refractivity contribution in [2.45, 2.75) is 32.1 Å². The van der Waals surface area contributed by atoms with Gasteiger partial charge in [0.05, 0.1) is 23.4 Å². The molecule has 0 aliphatic carbocycles. The third-order valence-corrected chi connectivity index (χ3v) is 5.21. The molecule has 0 saturated carbocycles. The van der Waals surface area contributed by atoms with Gasteiger partial charge in [0, 0.05) is 5.39 Å². The molecule has 0 bridgehead atoms. The minimum absolute atomic E-state index is 0.301. The average molecular weight is 433 g/mol. The molecule has 3 atom stereocenters. The number of nitrogens with zero attached hydrogens (tertiary/aromatic N) is 2. The van der Waals surface area contributed by atoms with E-state index in [4.69, 9.17) is 4.74 Å². The smallest absolute Gasteiger partial charge is 0.248 e. The number of aliphatic hydroxyl groups is 1. The summed E-state index contributed by atoms with van der Waals surface area (Å²) in [6.07, 6.45) is 0.146. The zero-order valence-corrected chi connectivity index (χ0v) is 17.8. The lowest BCUT2D eigenvalue weighted by atomic mass is 10.0. The van der Waals surface area contributed by atoms with Gasteiger partial charge in [-0.15, -0.1) is 0 Å². The third kappa shape index (κ3) is 4.63. The van der Waals surface area contributed by atoms with Gasteiger partial charge in [-0.05, 0) is 61.9 Å². The van der Waals surface area contributed by atoms with Crippen LogP contribution in [-0.2, 0) is 4.79 Å². The van der Waals surface area contributed by atoms with E-state index in [0.717, 1.165) is 22.2 Å². The van der Waals surface area contributed by atoms with Gasteiger partial charge in [-0.2, -0.15) is 5.10 Å². The molecular weight excluding hydrogens is 409 g/mol. The summed E-state index contributed by atoms with van der Waals surface area (Å²) in [4.78, 5) is 12.0. The molecule has 4 aromatic rings. The Morgan fingerprint density at radius 2 is 1.78 bits per heavy atom. The lowest BCUT2D eigenvalue weighted by Crippen LogP contribution is -2.43. The van der Waals surface area contributed by atoms with Gasteiger partial charge in [0.2, 0.25) is 5.91 Å². The molecule has 0 saturated heterocycles. The van der Waals surface area contributed by atoms with Crippen LogP contribution in [0.5, 0.6) is 5.75 Å². The molecule has 0 aliphatic rings. The number of rotatable bonds is 7. The van der Waals surface area contributed by atoms with Gasteiger partial charge in [-0.3, -0.25) is 4.79 Å². The number of carbonyl (C=O) groups is 1. The van der Waals surface area contributed by atoms with Gasteiger partial charge in [-0.1, -0.05) is 30.3 Å². The zero-order valence-electron chi connectivity index (χ0n) is 17.8. The molecule has 2 N–H and O–H groups in total. The molecule has 32 heavy (non-hydrogen) atoms. The molecule has 164 valence electrons. The summed E-state index contributed by atoms with van der Waals surface area (Å²) in [5.41, 5.74) is 2.51. The van der Waals surface area contributed by atoms with Crippen molar-refractivity contribution in [1.29, 1.82) is 0 Å². The molecular formula is C25H24FN3O3. The first-order valence-electron chi connectivity index (χ1n) is 10.4. The predicted octanol–water partition coefficient (Wildman–Crippen LogP) is 4.17. The highest BCUT2D eigenvalue weighted by Crippen LogP contribution is 2.29. The van der Waals surface area contributed by atoms with Crippen LogP contribution in [0.15, 0.2) is 79.0 Å². The van der Waals surface area contributed by atoms with Crippen molar-refractivity contribution in [3.8, 4) is 11.4 Å². The quantitative estimate of drug-likeness (QED) is 0.459. The van der Waals surface area contributed by atoms with E-state index in [0.29, 0.717) is 5.75 Å². The van der Waals surface area contributed by atoms with Crippen LogP contribution in [0.2, 0.25) is 0 Å². The summed E-state index contributed by atoms with van der Waals surface area (Å²) in [5.74, 6) is -0.147. The fraction of sp³-hybridized carbons (Fsp3) is 0.200. The summed E-state index contributed by atoms with van der Waals surface area (Å²) in [6, 6.07) is 20.9. The van der Waals surface area contributed by atoms with Gasteiger partial charge in [0.15, 0.2) is 0 Å². The summed E-state index contributed by atoms with van der Waals surface area (Å²) >= 11 is 0. The first kappa shape index (κ1) is 21.5. The van der Waals surface area contributed by atoms with Crippen LogP contribution in [0.4, 0.5) is 4.39 Å². The summed E-state index contributed by atoms with van der Waals surface area (Å²) in [7, 11) is 0. The average Bonchev–Trinajstić information content (AvgIpc) is 3.21. The molecule has 0 radical (unpaired) electrons. The zero-order chi connectivity index (χ0) is 22.7. The number of hydrogen-bond acceptors (Lipinski definition) is 4. The Hall–Kier alpha value is -3.71. The number of fused-ring (bicyclic) bond motifs is 1. The normalized spacial score (nSPS) is 14.0. The topological polar surface area (TPSA) is 76.4 Å². The highest BCUT2D eigenvalue weighted by Gasteiger charge is 2.24. The van der Waals surface area contributed by atoms with Gasteiger partial charge < -0.3 is 15.2 Å². The van der Waals surface area contributed by atoms with Crippen molar-refractivity contribution in [2.75, 3.05) is 0 Å². The van der Waals surface area contributed by atoms with Crippen molar-refractivity contribution >= 4 is 16.8 Å². The number of aliphatic hydroxyl groups excluding tert-OH is 1. The Kier molecular flexibility index (Phi) is 6.18. The Bertz CT molecular complexity index is 1210. The lowest BCUT2D eigenvalue weighted by Gasteiger charge is -2.27. The molecule has 6 nitrogen and oxygen atoms in total. The maximum atomic E-state index is 13.3. The van der Waals surface area contributed by atoms with Crippen LogP contribution in [0, 0.1) is 5.82 Å². The lowest BCUT2D eigenvalue weighted by molar-refractivity contribution is -0.129. The van der Waals surface area contributed by atoms with E-state index in [1.54, 1.807) is 23.0 Å². The Morgan fingerprint density at radius 3 is 2.47 bits per heavy atom. The SMILES string of the molecule is C[C@H](O)C(=O)N[C@@H](C)[C@H](Oc1ccc2c(cnn2-c2ccc(F)cc2)c1)c1ccccc1. The molecule has 0 aliphatic heterocycles. The second-order valence-electron chi connectivity index (χ2n) is 7.68. The van der Waals surface area contributed by atoms with E-state index in [2.05, 4.69) is 10.4 Å². The van der Waals surface area contributed by atoms with E-state index in [1.165, 1.54) is 19.1 Å². The third-order valence-electron chi connectivity index (χ3n) is 5.21. The first-order valence-corrected chi connectivity index (χ1v) is 10.4. The van der Waals surface area contributed by atoms with Crippen LogP contribution in [0.1, 0.15) is 25.5 Å². The van der Waals surface area contributed by atoms with Crippen molar-refractivity contribution in [2.24, 2.45) is 0 Å². The van der Waals surface area contributed by atoms with E-state index in [9.17, 15) is 14.3 Å². The van der Waals surface area contributed by atoms with Crippen molar-refractivity contribution in [3.05, 3.63) is 90.4 Å². The van der Waals surface area contributed by atoms with Crippen LogP contribution in [0.3, 0.4) is 0 Å². The van der Waals surface area contributed by atoms with E-state index in [1.807, 2.05) is 55.5 Å². The molecule has 7 heteroatoms. The molecule has 0 unspecified atom stereocenters. The van der Waals surface area contributed by atoms with Gasteiger partial charge in [-0.25, -0.2) is 9.07 Å². The molecule has 0 spiro atoms. The molecule has 4 rings (SSSR count). The van der Waals surface area contributed by atoms with Gasteiger partial charge in [0.25, 0.3) is 0 Å². The van der Waals surface area contributed by atoms with Gasteiger partial charge in [0.1, 0.15) is 23.8 Å². The largest absolute Gasteiger partial charge is 0.484 e. The standard InChI is InChI=1S/C25H24FN3O3/c1-16(28-25(31)17(2)30)24(18-6-4-3-5-7-18)32-22-12-13-23-19(14-22)15-27-29(23)21-10-8-20(26)9-11-21/h3-17,24,30H,1-2H3,(H,28,31)/t16-,17-,24-/m0/s1. The number of amides is 1. The van der Waals surface area contributed by atoms with Crippen molar-refractivity contribution in [3.63, 3.8) is 0 Å². The fourth-order valence-corrected chi connectivity index (χ4v) is 3.54. The minimum atomic E-state index is -1.11. The number of aromatic nitrogens is 2. The second-order valence-corrected chi connectivity index (χ2v) is 7.68. The molecule has 0 fully saturated rings. The van der Waals surface area contributed by atoms with Crippen molar-refractivity contribution in [1.82, 2.24) is 15.1 Å². The minimum Gasteiger partial charge on any atom is -0.484 e. The maximum absolute atomic E-state index is 13.3. The molecule has 1 aromatic heterocycles. The summed E-state index contributed by atoms with van der Waals surface area (Å²) < 4.78 is 21.3. The van der Waals surface area contributed by atoms with E-state index < -0.39 is 24.2 Å². The Balaban J connectivity index is 1.62. The Morgan fingerprint density at radius 1 is 1.06 bits per heavy atom. The van der Waals surface area contributed by atoms with E-state index >= 15 is 0 Å². The van der Waals surface area contributed by atoms with Crippen molar-refractivity contribution < 1.29 is 19.0 Å². The molecule has 3 aromatic carbocycles. The number of halogens is 1. The first-order chi connectivity index (χ1) is 15.4. The van der Waals surface area contributed by atoms with Crippen LogP contribution >= 0.6 is 0 Å². The van der Waals surface area contributed by atoms with Crippen LogP contribution in [0.25, 0.3) is 16.6 Å². The monoisotopic (exact) mass is 433 g/mol. The molecule has 1 amide bonds. The fourth-order valence-electron chi connectivity index (χ4n) is 3.54. The molecule has 1 heterocycles. The highest BCUT2D eigenvalue weighted by molar-refractivity contribution is 5.82. The number of nitrogens with one attached hydrogen (secondary N) is 1. The van der Waals surface area contributed by atoms with Crippen LogP contribution in [-0.4, -0.2) is 32.9 Å². The predicted molar refractivity (Wildman–Crippen MR) is 120 cm³/mol. The number of carbonyl (C=O) groups excluding carboxylic acids is 1. The van der Waals surface area contributed by atoms with Crippen LogP contribution < -0.4 is 10.1 Å².